The number of hydrogen-bond donors (Lipinski definition) is 2. The summed E-state index contributed by atoms with van der Waals surface area (Å²) in [4.78, 5) is 11.5. The van der Waals surface area contributed by atoms with Crippen LogP contribution in [0.3, 0.4) is 0 Å². The topological polar surface area (TPSA) is 49.3 Å². The highest BCUT2D eigenvalue weighted by atomic mass is 19.1. The second-order valence-corrected chi connectivity index (χ2v) is 4.32. The fourth-order valence-electron chi connectivity index (χ4n) is 1.11. The number of benzene rings is 1. The summed E-state index contributed by atoms with van der Waals surface area (Å²) in [5.74, 6) is -1.85. The average molecular weight is 221 g/mol. The summed E-state index contributed by atoms with van der Waals surface area (Å²) in [6.45, 7) is 4.70. The number of anilines is 1. The van der Waals surface area contributed by atoms with Crippen molar-refractivity contribution in [2.24, 2.45) is 0 Å². The van der Waals surface area contributed by atoms with Crippen molar-refractivity contribution in [2.75, 3.05) is 5.32 Å². The quantitative estimate of drug-likeness (QED) is 0.593. The minimum atomic E-state index is -1.09. The zero-order chi connectivity index (χ0) is 12.5. The molecule has 16 heavy (non-hydrogen) atoms. The molecule has 0 aliphatic carbocycles. The highest BCUT2D eigenvalue weighted by molar-refractivity contribution is 6.29. The zero-order valence-corrected chi connectivity index (χ0v) is 9.47. The van der Waals surface area contributed by atoms with E-state index in [4.69, 9.17) is 7.85 Å². The Morgan fingerprint density at radius 2 is 2.06 bits per heavy atom. The number of carbonyl (C=O) groups is 1. The molecule has 0 aliphatic heterocycles. The van der Waals surface area contributed by atoms with Gasteiger partial charge in [-0.2, -0.15) is 0 Å². The number of halogens is 1. The molecule has 2 N–H and O–H groups in total. The first-order valence-corrected chi connectivity index (χ1v) is 4.81. The standard InChI is InChI=1S/C11H13BFNO2/c1-6-4-7(13)9(15)8(5-6)14-10(16)11(2,3)12/h4-5,15H,1-3H3,(H,14,16). The van der Waals surface area contributed by atoms with Gasteiger partial charge in [-0.05, 0) is 24.6 Å². The maximum atomic E-state index is 13.2. The minimum Gasteiger partial charge on any atom is -0.503 e. The maximum absolute atomic E-state index is 13.2. The molecule has 84 valence electrons. The van der Waals surface area contributed by atoms with Crippen molar-refractivity contribution >= 4 is 19.4 Å². The van der Waals surface area contributed by atoms with Gasteiger partial charge in [0, 0.05) is 5.31 Å². The molecule has 0 saturated heterocycles. The molecule has 0 atom stereocenters. The van der Waals surface area contributed by atoms with Crippen LogP contribution in [0.25, 0.3) is 0 Å². The van der Waals surface area contributed by atoms with E-state index in [1.807, 2.05) is 0 Å². The summed E-state index contributed by atoms with van der Waals surface area (Å²) in [6.07, 6.45) is 0. The van der Waals surface area contributed by atoms with Crippen molar-refractivity contribution < 1.29 is 14.3 Å². The van der Waals surface area contributed by atoms with Crippen LogP contribution in [0.2, 0.25) is 5.31 Å². The predicted molar refractivity (Wildman–Crippen MR) is 61.2 cm³/mol. The minimum absolute atomic E-state index is 0.0287. The average Bonchev–Trinajstić information content (AvgIpc) is 2.11. The Morgan fingerprint density at radius 3 is 2.56 bits per heavy atom. The van der Waals surface area contributed by atoms with Crippen LogP contribution in [0, 0.1) is 12.7 Å². The molecule has 2 radical (unpaired) electrons. The van der Waals surface area contributed by atoms with Gasteiger partial charge < -0.3 is 10.4 Å². The third-order valence-electron chi connectivity index (χ3n) is 2.04. The number of rotatable bonds is 2. The van der Waals surface area contributed by atoms with Crippen LogP contribution in [0.1, 0.15) is 19.4 Å². The number of aryl methyl sites for hydroxylation is 1. The molecule has 5 heteroatoms. The number of aromatic hydroxyl groups is 1. The Balaban J connectivity index is 3.03. The second kappa shape index (κ2) is 4.16. The predicted octanol–water partition coefficient (Wildman–Crippen LogP) is 2.15. The second-order valence-electron chi connectivity index (χ2n) is 4.32. The summed E-state index contributed by atoms with van der Waals surface area (Å²) < 4.78 is 13.2. The summed E-state index contributed by atoms with van der Waals surface area (Å²) in [6, 6.07) is 2.65. The Bertz CT molecular complexity index is 427. The Hall–Kier alpha value is -1.52. The molecular formula is C11H13BFNO2. The highest BCUT2D eigenvalue weighted by Gasteiger charge is 2.22. The molecule has 0 unspecified atom stereocenters. The van der Waals surface area contributed by atoms with E-state index in [1.165, 1.54) is 26.0 Å². The number of phenolic OH excluding ortho intramolecular Hbond substituents is 1. The highest BCUT2D eigenvalue weighted by Crippen LogP contribution is 2.30. The molecule has 0 fully saturated rings. The van der Waals surface area contributed by atoms with Gasteiger partial charge in [-0.25, -0.2) is 4.39 Å². The molecule has 1 aromatic rings. The first-order valence-electron chi connectivity index (χ1n) is 4.81. The van der Waals surface area contributed by atoms with Gasteiger partial charge in [-0.3, -0.25) is 4.79 Å². The molecule has 0 heterocycles. The first kappa shape index (κ1) is 12.6. The summed E-state index contributed by atoms with van der Waals surface area (Å²) in [7, 11) is 5.57. The van der Waals surface area contributed by atoms with E-state index in [2.05, 4.69) is 5.32 Å². The molecule has 0 spiro atoms. The van der Waals surface area contributed by atoms with Gasteiger partial charge in [0.15, 0.2) is 11.6 Å². The molecule has 0 aromatic heterocycles. The van der Waals surface area contributed by atoms with Gasteiger partial charge >= 0.3 is 0 Å². The lowest BCUT2D eigenvalue weighted by molar-refractivity contribution is -0.118. The summed E-state index contributed by atoms with van der Waals surface area (Å²) in [5, 5.41) is 10.7. The van der Waals surface area contributed by atoms with Gasteiger partial charge in [0.2, 0.25) is 5.91 Å². The van der Waals surface area contributed by atoms with E-state index < -0.39 is 22.8 Å². The van der Waals surface area contributed by atoms with Crippen molar-refractivity contribution in [3.8, 4) is 5.75 Å². The number of carbonyl (C=O) groups excluding carboxylic acids is 1. The van der Waals surface area contributed by atoms with Crippen LogP contribution in [0.4, 0.5) is 10.1 Å². The lowest BCUT2D eigenvalue weighted by Gasteiger charge is -2.19. The normalized spacial score (nSPS) is 11.2. The molecule has 3 nitrogen and oxygen atoms in total. The third kappa shape index (κ3) is 2.75. The van der Waals surface area contributed by atoms with Gasteiger partial charge in [0.25, 0.3) is 0 Å². The number of phenols is 1. The zero-order valence-electron chi connectivity index (χ0n) is 9.47. The molecular weight excluding hydrogens is 208 g/mol. The maximum Gasteiger partial charge on any atom is 0.221 e. The van der Waals surface area contributed by atoms with Crippen LogP contribution in [0.5, 0.6) is 5.75 Å². The van der Waals surface area contributed by atoms with E-state index in [0.29, 0.717) is 5.56 Å². The van der Waals surface area contributed by atoms with Crippen molar-refractivity contribution in [1.29, 1.82) is 0 Å². The third-order valence-corrected chi connectivity index (χ3v) is 2.04. The van der Waals surface area contributed by atoms with Gasteiger partial charge in [-0.15, -0.1) is 0 Å². The van der Waals surface area contributed by atoms with Crippen LogP contribution < -0.4 is 5.32 Å². The van der Waals surface area contributed by atoms with Crippen LogP contribution in [-0.2, 0) is 4.79 Å². The lowest BCUT2D eigenvalue weighted by Crippen LogP contribution is -2.25. The van der Waals surface area contributed by atoms with E-state index in [9.17, 15) is 14.3 Å². The van der Waals surface area contributed by atoms with Crippen LogP contribution in [-0.4, -0.2) is 18.9 Å². The van der Waals surface area contributed by atoms with E-state index in [0.717, 1.165) is 0 Å². The Morgan fingerprint density at radius 1 is 1.50 bits per heavy atom. The molecule has 0 aliphatic rings. The number of amides is 1. The molecule has 0 bridgehead atoms. The fourth-order valence-corrected chi connectivity index (χ4v) is 1.11. The van der Waals surface area contributed by atoms with E-state index >= 15 is 0 Å². The number of nitrogens with one attached hydrogen (secondary N) is 1. The van der Waals surface area contributed by atoms with E-state index in [1.54, 1.807) is 6.92 Å². The van der Waals surface area contributed by atoms with Crippen molar-refractivity contribution in [3.05, 3.63) is 23.5 Å². The van der Waals surface area contributed by atoms with Crippen LogP contribution in [0.15, 0.2) is 12.1 Å². The van der Waals surface area contributed by atoms with Crippen molar-refractivity contribution in [1.82, 2.24) is 0 Å². The number of hydrogen-bond acceptors (Lipinski definition) is 2. The fraction of sp³-hybridized carbons (Fsp3) is 0.364. The largest absolute Gasteiger partial charge is 0.503 e. The monoisotopic (exact) mass is 221 g/mol. The van der Waals surface area contributed by atoms with Gasteiger partial charge in [0.05, 0.1) is 13.5 Å². The molecule has 1 amide bonds. The van der Waals surface area contributed by atoms with Crippen molar-refractivity contribution in [2.45, 2.75) is 26.1 Å². The van der Waals surface area contributed by atoms with Gasteiger partial charge in [-0.1, -0.05) is 13.8 Å². The summed E-state index contributed by atoms with van der Waals surface area (Å²) >= 11 is 0. The van der Waals surface area contributed by atoms with Crippen LogP contribution >= 0.6 is 0 Å². The lowest BCUT2D eigenvalue weighted by atomic mass is 9.72. The Labute approximate surface area is 95.1 Å². The molecule has 1 rings (SSSR count). The molecule has 1 aromatic carbocycles. The Kier molecular flexibility index (Phi) is 3.26. The first-order chi connectivity index (χ1) is 7.21. The van der Waals surface area contributed by atoms with Gasteiger partial charge in [0.1, 0.15) is 0 Å². The smallest absolute Gasteiger partial charge is 0.221 e. The van der Waals surface area contributed by atoms with E-state index in [-0.39, 0.29) is 5.69 Å². The van der Waals surface area contributed by atoms with Crippen molar-refractivity contribution in [3.63, 3.8) is 0 Å². The summed E-state index contributed by atoms with van der Waals surface area (Å²) in [5.41, 5.74) is 0.626. The SMILES string of the molecule is [B]C(C)(C)C(=O)Nc1cc(C)cc(F)c1O. The molecule has 0 saturated carbocycles.